The van der Waals surface area contributed by atoms with E-state index in [1.807, 2.05) is 4.90 Å². The monoisotopic (exact) mass is 226 g/mol. The quantitative estimate of drug-likeness (QED) is 0.782. The first-order chi connectivity index (χ1) is 7.53. The molecule has 4 heteroatoms. The summed E-state index contributed by atoms with van der Waals surface area (Å²) in [4.78, 5) is 24.7. The van der Waals surface area contributed by atoms with Crippen LogP contribution in [0.1, 0.15) is 52.9 Å². The molecule has 1 fully saturated rings. The Morgan fingerprint density at radius 1 is 1.38 bits per heavy atom. The van der Waals surface area contributed by atoms with Crippen molar-refractivity contribution in [3.8, 4) is 0 Å². The van der Waals surface area contributed by atoms with Crippen LogP contribution in [0.3, 0.4) is 0 Å². The normalized spacial score (nSPS) is 20.6. The number of urea groups is 1. The molecular formula is C12H22N2O2. The molecule has 4 nitrogen and oxygen atoms in total. The third-order valence-electron chi connectivity index (χ3n) is 3.54. The van der Waals surface area contributed by atoms with Crippen LogP contribution < -0.4 is 5.32 Å². The van der Waals surface area contributed by atoms with Crippen molar-refractivity contribution in [2.75, 3.05) is 6.54 Å². The molecular weight excluding hydrogens is 204 g/mol. The van der Waals surface area contributed by atoms with Crippen LogP contribution in [-0.2, 0) is 4.79 Å². The zero-order chi connectivity index (χ0) is 12.2. The van der Waals surface area contributed by atoms with Crippen LogP contribution in [-0.4, -0.2) is 28.9 Å². The highest BCUT2D eigenvalue weighted by Crippen LogP contribution is 2.27. The first kappa shape index (κ1) is 13.0. The molecule has 1 heterocycles. The van der Waals surface area contributed by atoms with Gasteiger partial charge >= 0.3 is 6.03 Å². The Balaban J connectivity index is 2.71. The Morgan fingerprint density at radius 2 is 2.06 bits per heavy atom. The van der Waals surface area contributed by atoms with E-state index >= 15 is 0 Å². The minimum absolute atomic E-state index is 0.110. The minimum Gasteiger partial charge on any atom is -0.319 e. The van der Waals surface area contributed by atoms with Gasteiger partial charge in [-0.1, -0.05) is 26.7 Å². The number of hydrogen-bond donors (Lipinski definition) is 1. The molecule has 0 aromatic rings. The van der Waals surface area contributed by atoms with E-state index < -0.39 is 0 Å². The van der Waals surface area contributed by atoms with E-state index in [0.717, 1.165) is 25.7 Å². The number of hydrogen-bond acceptors (Lipinski definition) is 2. The molecule has 3 amide bonds. The molecule has 0 saturated carbocycles. The second kappa shape index (κ2) is 5.32. The van der Waals surface area contributed by atoms with Gasteiger partial charge in [0.15, 0.2) is 0 Å². The average Bonchev–Trinajstić information content (AvgIpc) is 2.26. The summed E-state index contributed by atoms with van der Waals surface area (Å²) in [7, 11) is 0. The third-order valence-corrected chi connectivity index (χ3v) is 3.54. The van der Waals surface area contributed by atoms with Crippen LogP contribution in [0.4, 0.5) is 4.79 Å². The summed E-state index contributed by atoms with van der Waals surface area (Å²) in [6.45, 7) is 6.91. The maximum atomic E-state index is 11.8. The summed E-state index contributed by atoms with van der Waals surface area (Å²) < 4.78 is 0. The zero-order valence-corrected chi connectivity index (χ0v) is 10.5. The molecule has 0 aliphatic carbocycles. The molecule has 1 aliphatic heterocycles. The molecule has 1 unspecified atom stereocenters. The van der Waals surface area contributed by atoms with Crippen LogP contribution in [0.2, 0.25) is 0 Å². The van der Waals surface area contributed by atoms with Crippen LogP contribution in [0.5, 0.6) is 0 Å². The van der Waals surface area contributed by atoms with Crippen molar-refractivity contribution >= 4 is 11.9 Å². The molecule has 1 saturated heterocycles. The van der Waals surface area contributed by atoms with Crippen LogP contribution in [0.25, 0.3) is 0 Å². The molecule has 0 bridgehead atoms. The van der Waals surface area contributed by atoms with Crippen molar-refractivity contribution in [2.45, 2.75) is 58.4 Å². The molecule has 0 aromatic heterocycles. The second-order valence-electron chi connectivity index (χ2n) is 4.71. The van der Waals surface area contributed by atoms with Gasteiger partial charge in [0.05, 0.1) is 0 Å². The Bertz CT molecular complexity index is 278. The van der Waals surface area contributed by atoms with Gasteiger partial charge in [0.25, 0.3) is 0 Å². The van der Waals surface area contributed by atoms with Crippen LogP contribution in [0, 0.1) is 0 Å². The standard InChI is InChI=1S/C12H22N2O2/c1-4-6-8-12(3,5-2)14-9-7-10(15)13-11(14)16/h4-9H2,1-3H3,(H,13,15,16). The van der Waals surface area contributed by atoms with Gasteiger partial charge in [0.2, 0.25) is 5.91 Å². The highest BCUT2D eigenvalue weighted by molar-refractivity contribution is 5.96. The first-order valence-electron chi connectivity index (χ1n) is 6.15. The number of nitrogens with zero attached hydrogens (tertiary/aromatic N) is 1. The number of carbonyl (C=O) groups excluding carboxylic acids is 2. The van der Waals surface area contributed by atoms with Crippen molar-refractivity contribution in [2.24, 2.45) is 0 Å². The number of imide groups is 1. The molecule has 1 N–H and O–H groups in total. The lowest BCUT2D eigenvalue weighted by atomic mass is 9.89. The smallest absolute Gasteiger partial charge is 0.319 e. The van der Waals surface area contributed by atoms with E-state index in [1.54, 1.807) is 0 Å². The lowest BCUT2D eigenvalue weighted by Gasteiger charge is -2.42. The van der Waals surface area contributed by atoms with Crippen molar-refractivity contribution in [1.29, 1.82) is 0 Å². The third kappa shape index (κ3) is 2.74. The van der Waals surface area contributed by atoms with Gasteiger partial charge in [-0.25, -0.2) is 4.79 Å². The summed E-state index contributed by atoms with van der Waals surface area (Å²) in [6, 6.07) is -0.225. The fourth-order valence-corrected chi connectivity index (χ4v) is 2.14. The first-order valence-corrected chi connectivity index (χ1v) is 6.15. The highest BCUT2D eigenvalue weighted by atomic mass is 16.2. The summed E-state index contributed by atoms with van der Waals surface area (Å²) >= 11 is 0. The number of nitrogens with one attached hydrogen (secondary N) is 1. The molecule has 0 aromatic carbocycles. The van der Waals surface area contributed by atoms with Gasteiger partial charge in [0, 0.05) is 18.5 Å². The second-order valence-corrected chi connectivity index (χ2v) is 4.71. The molecule has 92 valence electrons. The predicted molar refractivity (Wildman–Crippen MR) is 63.1 cm³/mol. The van der Waals surface area contributed by atoms with Crippen molar-refractivity contribution in [3.63, 3.8) is 0 Å². The number of amides is 3. The Labute approximate surface area is 97.4 Å². The minimum atomic E-state index is -0.225. The highest BCUT2D eigenvalue weighted by Gasteiger charge is 2.36. The van der Waals surface area contributed by atoms with E-state index in [9.17, 15) is 9.59 Å². The summed E-state index contributed by atoms with van der Waals surface area (Å²) in [5.41, 5.74) is -0.110. The Morgan fingerprint density at radius 3 is 2.56 bits per heavy atom. The van der Waals surface area contributed by atoms with Crippen molar-refractivity contribution in [1.82, 2.24) is 10.2 Å². The van der Waals surface area contributed by atoms with Gasteiger partial charge in [-0.05, 0) is 19.8 Å². The lowest BCUT2D eigenvalue weighted by molar-refractivity contribution is -0.122. The number of rotatable bonds is 5. The zero-order valence-electron chi connectivity index (χ0n) is 10.5. The molecule has 16 heavy (non-hydrogen) atoms. The van der Waals surface area contributed by atoms with E-state index in [-0.39, 0.29) is 17.5 Å². The topological polar surface area (TPSA) is 49.4 Å². The van der Waals surface area contributed by atoms with E-state index in [2.05, 4.69) is 26.1 Å². The summed E-state index contributed by atoms with van der Waals surface area (Å²) in [6.07, 6.45) is 4.59. The van der Waals surface area contributed by atoms with Gasteiger partial charge in [-0.2, -0.15) is 0 Å². The molecule has 1 atom stereocenters. The fraction of sp³-hybridized carbons (Fsp3) is 0.833. The fourth-order valence-electron chi connectivity index (χ4n) is 2.14. The van der Waals surface area contributed by atoms with E-state index in [4.69, 9.17) is 0 Å². The maximum Gasteiger partial charge on any atom is 0.324 e. The van der Waals surface area contributed by atoms with Crippen molar-refractivity contribution < 1.29 is 9.59 Å². The number of carbonyl (C=O) groups is 2. The predicted octanol–water partition coefficient (Wildman–Crippen LogP) is 2.29. The van der Waals surface area contributed by atoms with Gasteiger partial charge in [0.1, 0.15) is 0 Å². The maximum absolute atomic E-state index is 11.8. The molecule has 1 aliphatic rings. The Hall–Kier alpha value is -1.06. The van der Waals surface area contributed by atoms with Crippen LogP contribution >= 0.6 is 0 Å². The molecule has 0 radical (unpaired) electrons. The van der Waals surface area contributed by atoms with E-state index in [0.29, 0.717) is 13.0 Å². The van der Waals surface area contributed by atoms with Crippen molar-refractivity contribution in [3.05, 3.63) is 0 Å². The van der Waals surface area contributed by atoms with Gasteiger partial charge in [-0.15, -0.1) is 0 Å². The average molecular weight is 226 g/mol. The number of unbranched alkanes of at least 4 members (excludes halogenated alkanes) is 1. The molecule has 1 rings (SSSR count). The van der Waals surface area contributed by atoms with Crippen LogP contribution in [0.15, 0.2) is 0 Å². The summed E-state index contributed by atoms with van der Waals surface area (Å²) in [5.74, 6) is -0.157. The SMILES string of the molecule is CCCCC(C)(CC)N1CCC(=O)NC1=O. The lowest BCUT2D eigenvalue weighted by Crippen LogP contribution is -2.58. The Kier molecular flexibility index (Phi) is 4.33. The van der Waals surface area contributed by atoms with Gasteiger partial charge < -0.3 is 4.90 Å². The molecule has 0 spiro atoms. The summed E-state index contributed by atoms with van der Waals surface area (Å²) in [5, 5.41) is 2.39. The largest absolute Gasteiger partial charge is 0.324 e. The van der Waals surface area contributed by atoms with Gasteiger partial charge in [-0.3, -0.25) is 10.1 Å². The van der Waals surface area contributed by atoms with E-state index in [1.165, 1.54) is 0 Å².